The van der Waals surface area contributed by atoms with Crippen LogP contribution in [0.3, 0.4) is 0 Å². The zero-order valence-electron chi connectivity index (χ0n) is 17.8. The minimum atomic E-state index is -0.290. The molecular weight excluding hydrogens is 395 g/mol. The Morgan fingerprint density at radius 3 is 2.35 bits per heavy atom. The van der Waals surface area contributed by atoms with Crippen LogP contribution < -0.4 is 14.8 Å². The highest BCUT2D eigenvalue weighted by Crippen LogP contribution is 2.29. The maximum atomic E-state index is 13.0. The Balaban J connectivity index is 1.50. The first-order valence-corrected chi connectivity index (χ1v) is 10.1. The zero-order valence-corrected chi connectivity index (χ0v) is 17.8. The van der Waals surface area contributed by atoms with E-state index in [1.807, 2.05) is 60.5 Å². The number of carbonyl (C=O) groups excluding carboxylic acids is 1. The zero-order chi connectivity index (χ0) is 22.1. The predicted octanol–water partition coefficient (Wildman–Crippen LogP) is 4.16. The van der Waals surface area contributed by atoms with Crippen molar-refractivity contribution in [2.45, 2.75) is 19.7 Å². The van der Waals surface area contributed by atoms with Gasteiger partial charge in [-0.05, 0) is 48.0 Å². The van der Waals surface area contributed by atoms with E-state index < -0.39 is 0 Å². The Labute approximate surface area is 182 Å². The maximum Gasteiger partial charge on any atom is 0.234 e. The molecule has 31 heavy (non-hydrogen) atoms. The molecule has 3 aromatic carbocycles. The number of nitrogens with zero attached hydrogens (tertiary/aromatic N) is 1. The molecule has 3 aromatic rings. The van der Waals surface area contributed by atoms with Crippen molar-refractivity contribution in [3.05, 3.63) is 95.3 Å². The van der Waals surface area contributed by atoms with Crippen molar-refractivity contribution < 1.29 is 18.7 Å². The lowest BCUT2D eigenvalue weighted by Gasteiger charge is -2.18. The summed E-state index contributed by atoms with van der Waals surface area (Å²) in [5.74, 6) is 0.945. The van der Waals surface area contributed by atoms with Crippen LogP contribution in [0.5, 0.6) is 11.5 Å². The number of rotatable bonds is 10. The molecule has 1 amide bonds. The standard InChI is InChI=1S/C25H27FN2O3/c1-28(17-25(29)27-15-19-8-11-22(26)12-9-19)16-21-10-13-23(24(14-21)30-2)31-18-20-6-4-3-5-7-20/h3-14H,15-18H2,1-2H3,(H,27,29). The third-order valence-corrected chi connectivity index (χ3v) is 4.73. The number of likely N-dealkylation sites (N-methyl/N-ethyl adjacent to an activating group) is 1. The van der Waals surface area contributed by atoms with Gasteiger partial charge in [-0.2, -0.15) is 0 Å². The molecule has 5 nitrogen and oxygen atoms in total. The Kier molecular flexibility index (Phi) is 8.01. The van der Waals surface area contributed by atoms with Crippen LogP contribution in [0.1, 0.15) is 16.7 Å². The topological polar surface area (TPSA) is 50.8 Å². The second-order valence-corrected chi connectivity index (χ2v) is 7.33. The first-order valence-electron chi connectivity index (χ1n) is 10.1. The summed E-state index contributed by atoms with van der Waals surface area (Å²) in [5, 5.41) is 2.85. The SMILES string of the molecule is COc1cc(CN(C)CC(=O)NCc2ccc(F)cc2)ccc1OCc1ccccc1. The summed E-state index contributed by atoms with van der Waals surface area (Å²) in [6, 6.07) is 21.8. The van der Waals surface area contributed by atoms with Crippen LogP contribution >= 0.6 is 0 Å². The highest BCUT2D eigenvalue weighted by atomic mass is 19.1. The third-order valence-electron chi connectivity index (χ3n) is 4.73. The molecule has 1 N–H and O–H groups in total. The molecule has 0 unspecified atom stereocenters. The number of amides is 1. The minimum Gasteiger partial charge on any atom is -0.493 e. The molecule has 3 rings (SSSR count). The van der Waals surface area contributed by atoms with E-state index in [1.165, 1.54) is 12.1 Å². The molecule has 0 aromatic heterocycles. The fraction of sp³-hybridized carbons (Fsp3) is 0.240. The number of carbonyl (C=O) groups is 1. The largest absolute Gasteiger partial charge is 0.493 e. The van der Waals surface area contributed by atoms with Crippen molar-refractivity contribution in [1.29, 1.82) is 0 Å². The Morgan fingerprint density at radius 1 is 0.935 bits per heavy atom. The van der Waals surface area contributed by atoms with Gasteiger partial charge < -0.3 is 14.8 Å². The second-order valence-electron chi connectivity index (χ2n) is 7.33. The lowest BCUT2D eigenvalue weighted by Crippen LogP contribution is -2.34. The van der Waals surface area contributed by atoms with E-state index in [0.29, 0.717) is 31.2 Å². The van der Waals surface area contributed by atoms with Crippen molar-refractivity contribution >= 4 is 5.91 Å². The van der Waals surface area contributed by atoms with Crippen molar-refractivity contribution in [3.8, 4) is 11.5 Å². The average Bonchev–Trinajstić information content (AvgIpc) is 2.78. The van der Waals surface area contributed by atoms with Crippen molar-refractivity contribution in [3.63, 3.8) is 0 Å². The molecule has 6 heteroatoms. The van der Waals surface area contributed by atoms with Crippen LogP contribution in [-0.2, 0) is 24.5 Å². The Morgan fingerprint density at radius 2 is 1.65 bits per heavy atom. The first-order chi connectivity index (χ1) is 15.0. The fourth-order valence-electron chi connectivity index (χ4n) is 3.14. The molecule has 0 aliphatic rings. The molecule has 0 bridgehead atoms. The summed E-state index contributed by atoms with van der Waals surface area (Å²) in [4.78, 5) is 14.1. The highest BCUT2D eigenvalue weighted by Gasteiger charge is 2.11. The molecule has 0 saturated heterocycles. The van der Waals surface area contributed by atoms with E-state index in [9.17, 15) is 9.18 Å². The molecular formula is C25H27FN2O3. The van der Waals surface area contributed by atoms with Crippen LogP contribution in [0.15, 0.2) is 72.8 Å². The fourth-order valence-corrected chi connectivity index (χ4v) is 3.14. The van der Waals surface area contributed by atoms with Crippen LogP contribution in [0, 0.1) is 5.82 Å². The number of benzene rings is 3. The normalized spacial score (nSPS) is 10.7. The first kappa shape index (κ1) is 22.3. The summed E-state index contributed by atoms with van der Waals surface area (Å²) in [7, 11) is 3.49. The summed E-state index contributed by atoms with van der Waals surface area (Å²) < 4.78 is 24.3. The van der Waals surface area contributed by atoms with Crippen LogP contribution in [0.2, 0.25) is 0 Å². The molecule has 0 radical (unpaired) electrons. The van der Waals surface area contributed by atoms with Gasteiger partial charge in [0, 0.05) is 13.1 Å². The van der Waals surface area contributed by atoms with E-state index in [-0.39, 0.29) is 18.3 Å². The van der Waals surface area contributed by atoms with Gasteiger partial charge in [-0.15, -0.1) is 0 Å². The molecule has 0 aliphatic heterocycles. The van der Waals surface area contributed by atoms with E-state index in [1.54, 1.807) is 19.2 Å². The molecule has 0 fully saturated rings. The van der Waals surface area contributed by atoms with Crippen molar-refractivity contribution in [1.82, 2.24) is 10.2 Å². The summed E-state index contributed by atoms with van der Waals surface area (Å²) >= 11 is 0. The van der Waals surface area contributed by atoms with Gasteiger partial charge >= 0.3 is 0 Å². The minimum absolute atomic E-state index is 0.0957. The number of nitrogens with one attached hydrogen (secondary N) is 1. The summed E-state index contributed by atoms with van der Waals surface area (Å²) in [6.45, 7) is 1.66. The molecule has 0 saturated carbocycles. The second kappa shape index (κ2) is 11.1. The quantitative estimate of drug-likeness (QED) is 0.533. The van der Waals surface area contributed by atoms with Gasteiger partial charge in [-0.25, -0.2) is 4.39 Å². The molecule has 0 aliphatic carbocycles. The Bertz CT molecular complexity index is 978. The van der Waals surface area contributed by atoms with Gasteiger partial charge in [-0.3, -0.25) is 9.69 Å². The van der Waals surface area contributed by atoms with E-state index in [2.05, 4.69) is 5.32 Å². The highest BCUT2D eigenvalue weighted by molar-refractivity contribution is 5.77. The summed E-state index contributed by atoms with van der Waals surface area (Å²) in [5.41, 5.74) is 2.95. The molecule has 162 valence electrons. The van der Waals surface area contributed by atoms with Gasteiger partial charge in [0.25, 0.3) is 0 Å². The maximum absolute atomic E-state index is 13.0. The lowest BCUT2D eigenvalue weighted by molar-refractivity contribution is -0.122. The van der Waals surface area contributed by atoms with Crippen LogP contribution in [0.25, 0.3) is 0 Å². The van der Waals surface area contributed by atoms with Crippen molar-refractivity contribution in [2.24, 2.45) is 0 Å². The lowest BCUT2D eigenvalue weighted by atomic mass is 10.2. The number of hydrogen-bond donors (Lipinski definition) is 1. The number of halogens is 1. The third kappa shape index (κ3) is 7.12. The van der Waals surface area contributed by atoms with Crippen molar-refractivity contribution in [2.75, 3.05) is 20.7 Å². The van der Waals surface area contributed by atoms with Gasteiger partial charge in [0.05, 0.1) is 13.7 Å². The van der Waals surface area contributed by atoms with Gasteiger partial charge in [0.2, 0.25) is 5.91 Å². The summed E-state index contributed by atoms with van der Waals surface area (Å²) in [6.07, 6.45) is 0. The molecule has 0 heterocycles. The molecule has 0 spiro atoms. The number of hydrogen-bond acceptors (Lipinski definition) is 4. The Hall–Kier alpha value is -3.38. The van der Waals surface area contributed by atoms with Crippen LogP contribution in [0.4, 0.5) is 4.39 Å². The molecule has 0 atom stereocenters. The van der Waals surface area contributed by atoms with E-state index in [4.69, 9.17) is 9.47 Å². The number of methoxy groups -OCH3 is 1. The monoisotopic (exact) mass is 422 g/mol. The number of ether oxygens (including phenoxy) is 2. The average molecular weight is 423 g/mol. The smallest absolute Gasteiger partial charge is 0.234 e. The van der Waals surface area contributed by atoms with Gasteiger partial charge in [0.15, 0.2) is 11.5 Å². The van der Waals surface area contributed by atoms with Gasteiger partial charge in [-0.1, -0.05) is 48.5 Å². The van der Waals surface area contributed by atoms with Gasteiger partial charge in [0.1, 0.15) is 12.4 Å². The predicted molar refractivity (Wildman–Crippen MR) is 118 cm³/mol. The van der Waals surface area contributed by atoms with E-state index in [0.717, 1.165) is 16.7 Å². The van der Waals surface area contributed by atoms with Crippen LogP contribution in [-0.4, -0.2) is 31.5 Å². The van der Waals surface area contributed by atoms with E-state index >= 15 is 0 Å².